The summed E-state index contributed by atoms with van der Waals surface area (Å²) < 4.78 is 5.36. The molecule has 1 aliphatic rings. The van der Waals surface area contributed by atoms with Crippen molar-refractivity contribution < 1.29 is 19.4 Å². The normalized spacial score (nSPS) is 16.0. The zero-order valence-electron chi connectivity index (χ0n) is 23.8. The number of nitrogens with zero attached hydrogens (tertiary/aromatic N) is 2. The lowest BCUT2D eigenvalue weighted by molar-refractivity contribution is -0.147. The molecule has 37 heavy (non-hydrogen) atoms. The summed E-state index contributed by atoms with van der Waals surface area (Å²) >= 11 is 0. The van der Waals surface area contributed by atoms with E-state index in [4.69, 9.17) is 9.84 Å². The van der Waals surface area contributed by atoms with E-state index in [1.165, 1.54) is 51.4 Å². The van der Waals surface area contributed by atoms with Crippen molar-refractivity contribution in [2.75, 3.05) is 52.5 Å². The molecule has 0 saturated carbocycles. The van der Waals surface area contributed by atoms with Crippen LogP contribution >= 0.6 is 0 Å². The highest BCUT2D eigenvalue weighted by atomic mass is 16.5. The molecule has 1 amide bonds. The minimum absolute atomic E-state index is 0.137. The molecule has 2 N–H and O–H groups in total. The highest BCUT2D eigenvalue weighted by Gasteiger charge is 2.21. The Morgan fingerprint density at radius 3 is 2.08 bits per heavy atom. The molecule has 1 rings (SSSR count). The molecule has 1 fully saturated rings. The Morgan fingerprint density at radius 2 is 1.43 bits per heavy atom. The molecule has 7 heteroatoms. The predicted octanol–water partition coefficient (Wildman–Crippen LogP) is 4.85. The van der Waals surface area contributed by atoms with Crippen LogP contribution in [0.3, 0.4) is 0 Å². The van der Waals surface area contributed by atoms with E-state index in [0.717, 1.165) is 64.8 Å². The van der Waals surface area contributed by atoms with E-state index < -0.39 is 6.04 Å². The van der Waals surface area contributed by atoms with Crippen molar-refractivity contribution >= 4 is 11.9 Å². The smallest absolute Gasteiger partial charge is 0.328 e. The van der Waals surface area contributed by atoms with Gasteiger partial charge in [-0.05, 0) is 51.9 Å². The molecule has 0 aliphatic carbocycles. The monoisotopic (exact) mass is 521 g/mol. The largest absolute Gasteiger partial charge is 0.464 e. The van der Waals surface area contributed by atoms with Gasteiger partial charge in [0.25, 0.3) is 0 Å². The van der Waals surface area contributed by atoms with E-state index in [1.54, 1.807) is 6.92 Å². The third kappa shape index (κ3) is 19.1. The van der Waals surface area contributed by atoms with Gasteiger partial charge in [-0.2, -0.15) is 0 Å². The lowest BCUT2D eigenvalue weighted by atomic mass is 10.1. The number of carbonyl (C=O) groups is 2. The highest BCUT2D eigenvalue weighted by Crippen LogP contribution is 2.09. The molecule has 0 radical (unpaired) electrons. The maximum absolute atomic E-state index is 12.3. The fourth-order valence-corrected chi connectivity index (χ4v) is 4.40. The average Bonchev–Trinajstić information content (AvgIpc) is 2.89. The minimum atomic E-state index is -0.622. The van der Waals surface area contributed by atoms with Gasteiger partial charge >= 0.3 is 5.97 Å². The molecular weight excluding hydrogens is 466 g/mol. The molecule has 1 heterocycles. The fourth-order valence-electron chi connectivity index (χ4n) is 4.40. The lowest BCUT2D eigenvalue weighted by Crippen LogP contribution is -2.51. The van der Waals surface area contributed by atoms with Crippen LogP contribution < -0.4 is 5.32 Å². The van der Waals surface area contributed by atoms with Crippen molar-refractivity contribution in [3.05, 3.63) is 24.3 Å². The number of amides is 1. The van der Waals surface area contributed by atoms with Crippen molar-refractivity contribution in [2.45, 2.75) is 103 Å². The van der Waals surface area contributed by atoms with Gasteiger partial charge in [0.05, 0.1) is 13.2 Å². The number of unbranched alkanes of at least 4 members (excludes halogenated alkanes) is 9. The Labute approximate surface area is 226 Å². The Morgan fingerprint density at radius 1 is 0.838 bits per heavy atom. The minimum Gasteiger partial charge on any atom is -0.464 e. The summed E-state index contributed by atoms with van der Waals surface area (Å²) in [7, 11) is 0. The molecule has 0 aromatic rings. The highest BCUT2D eigenvalue weighted by molar-refractivity contribution is 5.85. The molecule has 1 aliphatic heterocycles. The van der Waals surface area contributed by atoms with Crippen LogP contribution in [0.2, 0.25) is 0 Å². The number of allylic oxidation sites excluding steroid dienone is 4. The zero-order chi connectivity index (χ0) is 27.0. The zero-order valence-corrected chi connectivity index (χ0v) is 23.8. The Kier molecular flexibility index (Phi) is 21.1. The molecule has 214 valence electrons. The summed E-state index contributed by atoms with van der Waals surface area (Å²) in [6.07, 6.45) is 24.1. The van der Waals surface area contributed by atoms with Gasteiger partial charge in [-0.3, -0.25) is 9.69 Å². The van der Waals surface area contributed by atoms with Crippen molar-refractivity contribution in [3.8, 4) is 0 Å². The van der Waals surface area contributed by atoms with Crippen LogP contribution in [0.25, 0.3) is 0 Å². The van der Waals surface area contributed by atoms with Crippen LogP contribution in [0.5, 0.6) is 0 Å². The van der Waals surface area contributed by atoms with E-state index in [2.05, 4.69) is 46.3 Å². The first kappa shape index (κ1) is 33.3. The van der Waals surface area contributed by atoms with Gasteiger partial charge in [-0.15, -0.1) is 0 Å². The summed E-state index contributed by atoms with van der Waals surface area (Å²) in [5.74, 6) is -0.494. The van der Waals surface area contributed by atoms with Crippen molar-refractivity contribution in [3.63, 3.8) is 0 Å². The first-order valence-corrected chi connectivity index (χ1v) is 14.9. The van der Waals surface area contributed by atoms with E-state index in [-0.39, 0.29) is 18.5 Å². The van der Waals surface area contributed by atoms with E-state index >= 15 is 0 Å². The first-order chi connectivity index (χ1) is 18.1. The number of hydrogen-bond acceptors (Lipinski definition) is 6. The number of piperazine rings is 1. The van der Waals surface area contributed by atoms with Crippen LogP contribution in [-0.2, 0) is 14.3 Å². The summed E-state index contributed by atoms with van der Waals surface area (Å²) in [4.78, 5) is 28.9. The number of nitrogens with one attached hydrogen (secondary N) is 1. The van der Waals surface area contributed by atoms with Crippen molar-refractivity contribution in [1.29, 1.82) is 0 Å². The van der Waals surface area contributed by atoms with Gasteiger partial charge in [-0.25, -0.2) is 4.79 Å². The predicted molar refractivity (Wildman–Crippen MR) is 153 cm³/mol. The van der Waals surface area contributed by atoms with Gasteiger partial charge in [0.2, 0.25) is 5.91 Å². The van der Waals surface area contributed by atoms with Gasteiger partial charge in [-0.1, -0.05) is 69.8 Å². The van der Waals surface area contributed by atoms with Gasteiger partial charge in [0.1, 0.15) is 6.04 Å². The Hall–Kier alpha value is -1.70. The van der Waals surface area contributed by atoms with Crippen LogP contribution in [0.4, 0.5) is 0 Å². The molecular formula is C30H55N3O4. The van der Waals surface area contributed by atoms with E-state index in [1.807, 2.05) is 0 Å². The number of ether oxygens (including phenoxy) is 1. The average molecular weight is 522 g/mol. The van der Waals surface area contributed by atoms with E-state index in [0.29, 0.717) is 13.2 Å². The maximum Gasteiger partial charge on any atom is 0.328 e. The summed E-state index contributed by atoms with van der Waals surface area (Å²) in [6.45, 7) is 9.21. The van der Waals surface area contributed by atoms with Crippen LogP contribution in [0.1, 0.15) is 97.3 Å². The molecule has 0 unspecified atom stereocenters. The van der Waals surface area contributed by atoms with Gasteiger partial charge < -0.3 is 20.1 Å². The number of aliphatic hydroxyl groups is 1. The van der Waals surface area contributed by atoms with Crippen molar-refractivity contribution in [1.82, 2.24) is 15.1 Å². The second kappa shape index (κ2) is 23.4. The molecule has 7 nitrogen and oxygen atoms in total. The second-order valence-electron chi connectivity index (χ2n) is 10.2. The molecule has 1 saturated heterocycles. The molecule has 0 bridgehead atoms. The molecule has 0 aromatic heterocycles. The number of esters is 1. The quantitative estimate of drug-likeness (QED) is 0.120. The number of carbonyl (C=O) groups excluding carboxylic acids is 2. The Balaban J connectivity index is 1.94. The van der Waals surface area contributed by atoms with E-state index in [9.17, 15) is 9.59 Å². The maximum atomic E-state index is 12.3. The lowest BCUT2D eigenvalue weighted by Gasteiger charge is -2.34. The summed E-state index contributed by atoms with van der Waals surface area (Å²) in [5, 5.41) is 11.7. The molecule has 0 aromatic carbocycles. The van der Waals surface area contributed by atoms with Gasteiger partial charge in [0, 0.05) is 39.3 Å². The van der Waals surface area contributed by atoms with Crippen LogP contribution in [-0.4, -0.2) is 85.3 Å². The molecule has 1 atom stereocenters. The van der Waals surface area contributed by atoms with Crippen LogP contribution in [0, 0.1) is 0 Å². The van der Waals surface area contributed by atoms with Gasteiger partial charge in [0.15, 0.2) is 0 Å². The van der Waals surface area contributed by atoms with Crippen LogP contribution in [0.15, 0.2) is 24.3 Å². The molecule has 0 spiro atoms. The fraction of sp³-hybridized carbons (Fsp3) is 0.800. The second-order valence-corrected chi connectivity index (χ2v) is 10.2. The number of hydrogen-bond donors (Lipinski definition) is 2. The number of aliphatic hydroxyl groups excluding tert-OH is 1. The summed E-state index contributed by atoms with van der Waals surface area (Å²) in [6, 6.07) is -0.622. The SMILES string of the molecule is CCCCC/C=C\C/C=C\CCCCCCCCOC(=O)[C@H](C)NC(=O)CN1CCN(CCCO)CC1. The standard InChI is InChI=1S/C30H55N3O4/c1-3-4-5-6-7-8-9-10-11-12-13-14-15-16-17-18-26-37-30(36)28(2)31-29(35)27-33-23-21-32(22-24-33)20-19-25-34/h7-8,10-11,28,34H,3-6,9,12-27H2,1-2H3,(H,31,35)/b8-7-,11-10-/t28-/m0/s1. The number of rotatable bonds is 22. The van der Waals surface area contributed by atoms with Crippen molar-refractivity contribution in [2.24, 2.45) is 0 Å². The third-order valence-electron chi connectivity index (χ3n) is 6.78. The topological polar surface area (TPSA) is 82.1 Å². The summed E-state index contributed by atoms with van der Waals surface area (Å²) in [5.41, 5.74) is 0. The first-order valence-electron chi connectivity index (χ1n) is 14.9. The Bertz CT molecular complexity index is 630. The third-order valence-corrected chi connectivity index (χ3v) is 6.78.